The van der Waals surface area contributed by atoms with Gasteiger partial charge in [-0.2, -0.15) is 8.42 Å². The van der Waals surface area contributed by atoms with E-state index in [-0.39, 0.29) is 28.9 Å². The number of carbonyl (C=O) groups is 2. The Morgan fingerprint density at radius 3 is 2.07 bits per heavy atom. The Labute approximate surface area is 180 Å². The number of amides is 1. The van der Waals surface area contributed by atoms with Gasteiger partial charge in [0, 0.05) is 19.4 Å². The Morgan fingerprint density at radius 1 is 0.867 bits per heavy atom. The molecule has 0 fully saturated rings. The third-order valence-electron chi connectivity index (χ3n) is 4.74. The fourth-order valence-electron chi connectivity index (χ4n) is 2.99. The number of benzene rings is 1. The van der Waals surface area contributed by atoms with Gasteiger partial charge in [-0.15, -0.1) is 0 Å². The van der Waals surface area contributed by atoms with Crippen molar-refractivity contribution in [2.45, 2.75) is 88.9 Å². The first kappa shape index (κ1) is 26.1. The lowest BCUT2D eigenvalue weighted by molar-refractivity contribution is -0.134. The Balaban J connectivity index is 2.02. The lowest BCUT2D eigenvalue weighted by atomic mass is 10.1. The van der Waals surface area contributed by atoms with Crippen LogP contribution in [0, 0.1) is 0 Å². The molecule has 0 saturated heterocycles. The van der Waals surface area contributed by atoms with Crippen LogP contribution in [0.25, 0.3) is 0 Å². The molecule has 30 heavy (non-hydrogen) atoms. The van der Waals surface area contributed by atoms with Gasteiger partial charge in [-0.05, 0) is 43.5 Å². The SMILES string of the molecule is CCCCCCCCC(=O)NCCCCCCC(=O)Oc1ccc(S(=O)(=O)O)cc1. The van der Waals surface area contributed by atoms with Crippen molar-refractivity contribution < 1.29 is 27.3 Å². The molecule has 0 bridgehead atoms. The number of unbranched alkanes of at least 4 members (excludes halogenated alkanes) is 8. The van der Waals surface area contributed by atoms with E-state index < -0.39 is 10.1 Å². The average molecular weight is 442 g/mol. The van der Waals surface area contributed by atoms with Gasteiger partial charge in [0.25, 0.3) is 10.1 Å². The maximum absolute atomic E-state index is 11.8. The van der Waals surface area contributed by atoms with Crippen LogP contribution < -0.4 is 10.1 Å². The predicted octanol–water partition coefficient (Wildman–Crippen LogP) is 4.66. The van der Waals surface area contributed by atoms with Crippen LogP contribution in [0.4, 0.5) is 0 Å². The minimum absolute atomic E-state index is 0.120. The van der Waals surface area contributed by atoms with E-state index in [4.69, 9.17) is 9.29 Å². The fraction of sp³-hybridized carbons (Fsp3) is 0.636. The van der Waals surface area contributed by atoms with Gasteiger partial charge in [-0.3, -0.25) is 14.1 Å². The monoisotopic (exact) mass is 441 g/mol. The fourth-order valence-corrected chi connectivity index (χ4v) is 3.47. The highest BCUT2D eigenvalue weighted by atomic mass is 32.2. The normalized spacial score (nSPS) is 11.3. The number of rotatable bonds is 16. The van der Waals surface area contributed by atoms with Crippen LogP contribution >= 0.6 is 0 Å². The number of hydrogen-bond acceptors (Lipinski definition) is 5. The summed E-state index contributed by atoms with van der Waals surface area (Å²) in [5.74, 6) is -0.0311. The van der Waals surface area contributed by atoms with Gasteiger partial charge in [0.15, 0.2) is 0 Å². The summed E-state index contributed by atoms with van der Waals surface area (Å²) in [7, 11) is -4.26. The first-order chi connectivity index (χ1) is 14.3. The van der Waals surface area contributed by atoms with Crippen LogP contribution in [0.2, 0.25) is 0 Å². The van der Waals surface area contributed by atoms with E-state index in [1.54, 1.807) is 0 Å². The zero-order valence-electron chi connectivity index (χ0n) is 17.9. The molecule has 0 aliphatic rings. The van der Waals surface area contributed by atoms with Crippen molar-refractivity contribution in [3.63, 3.8) is 0 Å². The van der Waals surface area contributed by atoms with Crippen molar-refractivity contribution in [3.8, 4) is 5.75 Å². The molecule has 0 unspecified atom stereocenters. The lowest BCUT2D eigenvalue weighted by Crippen LogP contribution is -2.23. The van der Waals surface area contributed by atoms with E-state index >= 15 is 0 Å². The van der Waals surface area contributed by atoms with E-state index in [1.807, 2.05) is 0 Å². The van der Waals surface area contributed by atoms with Crippen molar-refractivity contribution in [1.82, 2.24) is 5.32 Å². The summed E-state index contributed by atoms with van der Waals surface area (Å²) >= 11 is 0. The molecule has 0 saturated carbocycles. The van der Waals surface area contributed by atoms with Gasteiger partial charge < -0.3 is 10.1 Å². The van der Waals surface area contributed by atoms with Crippen molar-refractivity contribution >= 4 is 22.0 Å². The molecule has 0 aromatic heterocycles. The molecule has 0 heterocycles. The molecule has 0 radical (unpaired) electrons. The maximum Gasteiger partial charge on any atom is 0.311 e. The highest BCUT2D eigenvalue weighted by molar-refractivity contribution is 7.85. The molecule has 0 aliphatic heterocycles. The molecule has 1 amide bonds. The summed E-state index contributed by atoms with van der Waals surface area (Å²) < 4.78 is 36.0. The molecule has 170 valence electrons. The van der Waals surface area contributed by atoms with Crippen molar-refractivity contribution in [1.29, 1.82) is 0 Å². The highest BCUT2D eigenvalue weighted by Gasteiger charge is 2.10. The van der Waals surface area contributed by atoms with Crippen molar-refractivity contribution in [2.75, 3.05) is 6.54 Å². The number of carbonyl (C=O) groups excluding carboxylic acids is 2. The summed E-state index contributed by atoms with van der Waals surface area (Å²) in [6.07, 6.45) is 11.3. The zero-order chi connectivity index (χ0) is 22.2. The third kappa shape index (κ3) is 12.6. The zero-order valence-corrected chi connectivity index (χ0v) is 18.7. The van der Waals surface area contributed by atoms with E-state index in [2.05, 4.69) is 12.2 Å². The quantitative estimate of drug-likeness (QED) is 0.167. The minimum atomic E-state index is -4.26. The molecule has 0 aliphatic carbocycles. The Bertz CT molecular complexity index is 730. The Morgan fingerprint density at radius 2 is 1.43 bits per heavy atom. The lowest BCUT2D eigenvalue weighted by Gasteiger charge is -2.06. The number of hydrogen-bond donors (Lipinski definition) is 2. The molecule has 0 atom stereocenters. The summed E-state index contributed by atoms with van der Waals surface area (Å²) in [6.45, 7) is 2.86. The molecule has 1 aromatic carbocycles. The van der Waals surface area contributed by atoms with Gasteiger partial charge in [0.1, 0.15) is 5.75 Å². The molecule has 2 N–H and O–H groups in total. The second kappa shape index (κ2) is 15.0. The van der Waals surface area contributed by atoms with Crippen molar-refractivity contribution in [3.05, 3.63) is 24.3 Å². The minimum Gasteiger partial charge on any atom is -0.427 e. The van der Waals surface area contributed by atoms with Gasteiger partial charge in [-0.25, -0.2) is 0 Å². The maximum atomic E-state index is 11.8. The van der Waals surface area contributed by atoms with E-state index in [1.165, 1.54) is 49.9 Å². The topological polar surface area (TPSA) is 110 Å². The smallest absolute Gasteiger partial charge is 0.311 e. The van der Waals surface area contributed by atoms with Crippen LogP contribution in [0.15, 0.2) is 29.2 Å². The molecule has 1 rings (SSSR count). The first-order valence-electron chi connectivity index (χ1n) is 10.9. The predicted molar refractivity (Wildman–Crippen MR) is 116 cm³/mol. The van der Waals surface area contributed by atoms with Crippen LogP contribution in [0.1, 0.15) is 84.0 Å². The Hall–Kier alpha value is -1.93. The molecule has 7 nitrogen and oxygen atoms in total. The van der Waals surface area contributed by atoms with Crippen LogP contribution in [0.5, 0.6) is 5.75 Å². The van der Waals surface area contributed by atoms with E-state index in [0.29, 0.717) is 19.4 Å². The molecular formula is C22H35NO6S. The largest absolute Gasteiger partial charge is 0.427 e. The molecular weight excluding hydrogens is 406 g/mol. The summed E-state index contributed by atoms with van der Waals surface area (Å²) in [5.41, 5.74) is 0. The van der Waals surface area contributed by atoms with E-state index in [0.717, 1.165) is 32.1 Å². The van der Waals surface area contributed by atoms with Gasteiger partial charge in [0.05, 0.1) is 4.90 Å². The number of ether oxygens (including phenoxy) is 1. The van der Waals surface area contributed by atoms with Crippen LogP contribution in [-0.4, -0.2) is 31.4 Å². The van der Waals surface area contributed by atoms with Crippen LogP contribution in [-0.2, 0) is 19.7 Å². The summed E-state index contributed by atoms with van der Waals surface area (Å²) in [6, 6.07) is 5.02. The third-order valence-corrected chi connectivity index (χ3v) is 5.61. The van der Waals surface area contributed by atoms with Gasteiger partial charge in [0.2, 0.25) is 5.91 Å². The van der Waals surface area contributed by atoms with Crippen molar-refractivity contribution in [2.24, 2.45) is 0 Å². The number of nitrogens with one attached hydrogen (secondary N) is 1. The second-order valence-corrected chi connectivity index (χ2v) is 8.87. The standard InChI is InChI=1S/C22H35NO6S/c1-2-3-4-5-6-9-12-21(24)23-18-11-8-7-10-13-22(25)29-19-14-16-20(17-15-19)30(26,27)28/h14-17H,2-13,18H2,1H3,(H,23,24)(H,26,27,28). The van der Waals surface area contributed by atoms with Gasteiger partial charge >= 0.3 is 5.97 Å². The highest BCUT2D eigenvalue weighted by Crippen LogP contribution is 2.16. The molecule has 8 heteroatoms. The molecule has 0 spiro atoms. The first-order valence-corrected chi connectivity index (χ1v) is 12.3. The van der Waals surface area contributed by atoms with E-state index in [9.17, 15) is 18.0 Å². The molecule has 1 aromatic rings. The Kier molecular flexibility index (Phi) is 13.0. The second-order valence-electron chi connectivity index (χ2n) is 7.45. The van der Waals surface area contributed by atoms with Gasteiger partial charge in [-0.1, -0.05) is 51.9 Å². The summed E-state index contributed by atoms with van der Waals surface area (Å²) in [4.78, 5) is 23.3. The van der Waals surface area contributed by atoms with Crippen LogP contribution in [0.3, 0.4) is 0 Å². The summed E-state index contributed by atoms with van der Waals surface area (Å²) in [5, 5.41) is 2.94. The average Bonchev–Trinajstić information content (AvgIpc) is 2.69. The number of esters is 1.